The van der Waals surface area contributed by atoms with Gasteiger partial charge in [-0.25, -0.2) is 0 Å². The van der Waals surface area contributed by atoms with Crippen molar-refractivity contribution >= 4 is 35.0 Å². The Morgan fingerprint density at radius 3 is 3.05 bits per heavy atom. The number of hydrogen-bond acceptors (Lipinski definition) is 4. The van der Waals surface area contributed by atoms with E-state index < -0.39 is 0 Å². The molecule has 100 valence electrons. The lowest BCUT2D eigenvalue weighted by Gasteiger charge is -2.18. The molecule has 2 heterocycles. The Kier molecular flexibility index (Phi) is 3.44. The molecule has 1 saturated heterocycles. The van der Waals surface area contributed by atoms with Crippen LogP contribution in [0.5, 0.6) is 0 Å². The lowest BCUT2D eigenvalue weighted by Crippen LogP contribution is -2.37. The third kappa shape index (κ3) is 2.74. The van der Waals surface area contributed by atoms with Crippen LogP contribution in [0.1, 0.15) is 12.0 Å². The second-order valence-corrected chi connectivity index (χ2v) is 5.71. The van der Waals surface area contributed by atoms with Crippen molar-refractivity contribution < 1.29 is 9.59 Å². The van der Waals surface area contributed by atoms with Crippen LogP contribution in [0.2, 0.25) is 0 Å². The molecule has 6 heteroatoms. The number of nitrogens with one attached hydrogen (secondary N) is 3. The highest BCUT2D eigenvalue weighted by Gasteiger charge is 2.23. The largest absolute Gasteiger partial charge is 0.326 e. The fourth-order valence-electron chi connectivity index (χ4n) is 2.25. The fourth-order valence-corrected chi connectivity index (χ4v) is 3.20. The summed E-state index contributed by atoms with van der Waals surface area (Å²) in [5.74, 6) is 1.70. The molecule has 1 fully saturated rings. The number of carbonyl (C=O) groups excluding carboxylic acids is 2. The molecule has 1 aromatic rings. The Morgan fingerprint density at radius 2 is 2.26 bits per heavy atom. The van der Waals surface area contributed by atoms with E-state index in [1.165, 1.54) is 0 Å². The van der Waals surface area contributed by atoms with Gasteiger partial charge in [0.2, 0.25) is 11.8 Å². The maximum absolute atomic E-state index is 12.0. The predicted octanol–water partition coefficient (Wildman–Crippen LogP) is 1.17. The molecule has 2 aliphatic heterocycles. The molecule has 1 unspecified atom stereocenters. The Hall–Kier alpha value is -1.53. The van der Waals surface area contributed by atoms with Crippen molar-refractivity contribution in [1.29, 1.82) is 0 Å². The van der Waals surface area contributed by atoms with Crippen molar-refractivity contribution in [3.05, 3.63) is 23.8 Å². The average molecular weight is 277 g/mol. The molecule has 0 aliphatic carbocycles. The van der Waals surface area contributed by atoms with E-state index in [1.807, 2.05) is 18.2 Å². The molecule has 0 aromatic heterocycles. The van der Waals surface area contributed by atoms with Gasteiger partial charge >= 0.3 is 0 Å². The third-order valence-corrected chi connectivity index (χ3v) is 4.24. The Bertz CT molecular complexity index is 527. The molecule has 0 spiro atoms. The molecule has 0 bridgehead atoms. The van der Waals surface area contributed by atoms with Crippen molar-refractivity contribution in [2.45, 2.75) is 18.9 Å². The molecule has 1 aromatic carbocycles. The van der Waals surface area contributed by atoms with Crippen LogP contribution in [0, 0.1) is 0 Å². The zero-order valence-corrected chi connectivity index (χ0v) is 11.2. The number of fused-ring (bicyclic) bond motifs is 1. The van der Waals surface area contributed by atoms with Gasteiger partial charge in [0, 0.05) is 29.4 Å². The first-order valence-corrected chi connectivity index (χ1v) is 7.42. The SMILES string of the molecule is O=C1CCc2cc(NC(=O)C3CSCN3)ccc2N1. The van der Waals surface area contributed by atoms with E-state index in [1.54, 1.807) is 11.8 Å². The molecule has 2 aliphatic rings. The summed E-state index contributed by atoms with van der Waals surface area (Å²) in [7, 11) is 0. The zero-order chi connectivity index (χ0) is 13.2. The summed E-state index contributed by atoms with van der Waals surface area (Å²) in [6, 6.07) is 5.50. The van der Waals surface area contributed by atoms with Crippen LogP contribution < -0.4 is 16.0 Å². The minimum atomic E-state index is -0.110. The Balaban J connectivity index is 1.71. The number of rotatable bonds is 2. The van der Waals surface area contributed by atoms with Gasteiger partial charge in [0.05, 0.1) is 6.04 Å². The van der Waals surface area contributed by atoms with Crippen molar-refractivity contribution in [3.63, 3.8) is 0 Å². The molecule has 3 N–H and O–H groups in total. The molecule has 2 amide bonds. The van der Waals surface area contributed by atoms with E-state index >= 15 is 0 Å². The summed E-state index contributed by atoms with van der Waals surface area (Å²) in [6.45, 7) is 0. The Morgan fingerprint density at radius 1 is 1.37 bits per heavy atom. The van der Waals surface area contributed by atoms with Gasteiger partial charge in [0.1, 0.15) is 0 Å². The van der Waals surface area contributed by atoms with E-state index in [0.717, 1.165) is 35.0 Å². The lowest BCUT2D eigenvalue weighted by atomic mass is 10.0. The molecule has 0 saturated carbocycles. The summed E-state index contributed by atoms with van der Waals surface area (Å²) in [5.41, 5.74) is 2.72. The highest BCUT2D eigenvalue weighted by atomic mass is 32.2. The van der Waals surface area contributed by atoms with Gasteiger partial charge in [-0.3, -0.25) is 14.9 Å². The summed E-state index contributed by atoms with van der Waals surface area (Å²) in [5, 5.41) is 8.88. The molecular formula is C13H15N3O2S. The number of carbonyl (C=O) groups is 2. The standard InChI is InChI=1S/C13H15N3O2S/c17-12-4-1-8-5-9(2-3-10(8)16-12)15-13(18)11-6-19-7-14-11/h2-3,5,11,14H,1,4,6-7H2,(H,15,18)(H,16,17). The normalized spacial score (nSPS) is 21.7. The summed E-state index contributed by atoms with van der Waals surface area (Å²) in [6.07, 6.45) is 1.23. The first-order chi connectivity index (χ1) is 9.22. The summed E-state index contributed by atoms with van der Waals surface area (Å²) in [4.78, 5) is 23.2. The van der Waals surface area contributed by atoms with Crippen LogP contribution >= 0.6 is 11.8 Å². The molecule has 0 radical (unpaired) electrons. The van der Waals surface area contributed by atoms with Crippen LogP contribution in [0.25, 0.3) is 0 Å². The third-order valence-electron chi connectivity index (χ3n) is 3.30. The highest BCUT2D eigenvalue weighted by Crippen LogP contribution is 2.25. The smallest absolute Gasteiger partial charge is 0.242 e. The predicted molar refractivity (Wildman–Crippen MR) is 76.3 cm³/mol. The summed E-state index contributed by atoms with van der Waals surface area (Å²) >= 11 is 1.72. The number of aryl methyl sites for hydroxylation is 1. The first-order valence-electron chi connectivity index (χ1n) is 6.27. The first kappa shape index (κ1) is 12.5. The van der Waals surface area contributed by atoms with Gasteiger partial charge in [-0.15, -0.1) is 11.8 Å². The number of thioether (sulfide) groups is 1. The molecule has 3 rings (SSSR count). The molecule has 1 atom stereocenters. The second kappa shape index (κ2) is 5.22. The number of anilines is 2. The number of benzene rings is 1. The van der Waals surface area contributed by atoms with E-state index in [-0.39, 0.29) is 17.9 Å². The number of amides is 2. The second-order valence-electron chi connectivity index (χ2n) is 4.68. The molecule has 5 nitrogen and oxygen atoms in total. The van der Waals surface area contributed by atoms with Crippen LogP contribution in [-0.2, 0) is 16.0 Å². The number of hydrogen-bond donors (Lipinski definition) is 3. The maximum atomic E-state index is 12.0. The average Bonchev–Trinajstić information content (AvgIpc) is 2.93. The monoisotopic (exact) mass is 277 g/mol. The van der Waals surface area contributed by atoms with E-state index in [9.17, 15) is 9.59 Å². The highest BCUT2D eigenvalue weighted by molar-refractivity contribution is 7.99. The van der Waals surface area contributed by atoms with Gasteiger partial charge in [-0.2, -0.15) is 0 Å². The minimum Gasteiger partial charge on any atom is -0.326 e. The topological polar surface area (TPSA) is 70.2 Å². The van der Waals surface area contributed by atoms with E-state index in [4.69, 9.17) is 0 Å². The van der Waals surface area contributed by atoms with E-state index in [2.05, 4.69) is 16.0 Å². The van der Waals surface area contributed by atoms with Crippen LogP contribution in [0.3, 0.4) is 0 Å². The quantitative estimate of drug-likeness (QED) is 0.759. The van der Waals surface area contributed by atoms with Crippen molar-refractivity contribution in [2.24, 2.45) is 0 Å². The molecule has 19 heavy (non-hydrogen) atoms. The van der Waals surface area contributed by atoms with Gasteiger partial charge in [0.25, 0.3) is 0 Å². The van der Waals surface area contributed by atoms with Gasteiger partial charge < -0.3 is 10.6 Å². The van der Waals surface area contributed by atoms with Crippen molar-refractivity contribution in [2.75, 3.05) is 22.3 Å². The van der Waals surface area contributed by atoms with Gasteiger partial charge in [-0.1, -0.05) is 0 Å². The van der Waals surface area contributed by atoms with Crippen LogP contribution in [0.4, 0.5) is 11.4 Å². The van der Waals surface area contributed by atoms with Crippen LogP contribution in [-0.4, -0.2) is 29.5 Å². The van der Waals surface area contributed by atoms with Gasteiger partial charge in [0.15, 0.2) is 0 Å². The fraction of sp³-hybridized carbons (Fsp3) is 0.385. The minimum absolute atomic E-state index is 0.00444. The van der Waals surface area contributed by atoms with Crippen molar-refractivity contribution in [3.8, 4) is 0 Å². The van der Waals surface area contributed by atoms with Crippen LogP contribution in [0.15, 0.2) is 18.2 Å². The molecular weight excluding hydrogens is 262 g/mol. The maximum Gasteiger partial charge on any atom is 0.242 e. The van der Waals surface area contributed by atoms with Crippen molar-refractivity contribution in [1.82, 2.24) is 5.32 Å². The lowest BCUT2D eigenvalue weighted by molar-refractivity contribution is -0.117. The van der Waals surface area contributed by atoms with E-state index in [0.29, 0.717) is 6.42 Å². The summed E-state index contributed by atoms with van der Waals surface area (Å²) < 4.78 is 0. The Labute approximate surface area is 115 Å². The van der Waals surface area contributed by atoms with Gasteiger partial charge in [-0.05, 0) is 30.2 Å². The zero-order valence-electron chi connectivity index (χ0n) is 10.4.